The lowest BCUT2D eigenvalue weighted by Crippen LogP contribution is -2.62. The number of amides is 7. The minimum Gasteiger partial charge on any atom is -0.508 e. The van der Waals surface area contributed by atoms with E-state index in [1.165, 1.54) is 24.3 Å². The SMILES string of the molecule is CC[C@H](C)[C@H](NC(=O)[C@H](Cc1ccc(O)cc1)NC(=O)[C@@H](NC(=O)[C@H](CCCN=C(N)N)NC(=O)CNC)C(C)C)C(=O)N[C@@H](CC(=O)O)C(=O)N1CCC[C@H]1C(=O)N[C@H](C(=O)O)[C@@H](C)O. The van der Waals surface area contributed by atoms with Crippen molar-refractivity contribution in [2.45, 2.75) is 128 Å². The van der Waals surface area contributed by atoms with E-state index in [-0.39, 0.29) is 69.9 Å². The first-order chi connectivity index (χ1) is 31.0. The number of nitrogens with two attached hydrogens (primary N) is 2. The van der Waals surface area contributed by atoms with E-state index in [1.54, 1.807) is 34.7 Å². The van der Waals surface area contributed by atoms with E-state index >= 15 is 0 Å². The molecular formula is C42H67N11O13. The Morgan fingerprint density at radius 1 is 0.788 bits per heavy atom. The molecule has 0 spiro atoms. The van der Waals surface area contributed by atoms with Gasteiger partial charge >= 0.3 is 11.9 Å². The van der Waals surface area contributed by atoms with Crippen molar-refractivity contribution in [3.05, 3.63) is 29.8 Å². The maximum Gasteiger partial charge on any atom is 0.328 e. The van der Waals surface area contributed by atoms with Crippen molar-refractivity contribution in [1.29, 1.82) is 0 Å². The van der Waals surface area contributed by atoms with Crippen LogP contribution in [0.5, 0.6) is 5.75 Å². The molecule has 2 rings (SSSR count). The summed E-state index contributed by atoms with van der Waals surface area (Å²) in [6, 6.07) is -4.19. The van der Waals surface area contributed by atoms with Gasteiger partial charge in [-0.25, -0.2) is 4.79 Å². The third kappa shape index (κ3) is 17.8. The molecule has 66 heavy (non-hydrogen) atoms. The second kappa shape index (κ2) is 27.0. The highest BCUT2D eigenvalue weighted by Gasteiger charge is 2.41. The molecule has 24 nitrogen and oxygen atoms in total. The van der Waals surface area contributed by atoms with E-state index in [4.69, 9.17) is 11.5 Å². The molecule has 15 N–H and O–H groups in total. The lowest BCUT2D eigenvalue weighted by Gasteiger charge is -2.31. The van der Waals surface area contributed by atoms with Crippen molar-refractivity contribution >= 4 is 59.2 Å². The normalized spacial score (nSPS) is 17.0. The monoisotopic (exact) mass is 933 g/mol. The number of carbonyl (C=O) groups is 9. The van der Waals surface area contributed by atoms with Crippen LogP contribution in [-0.2, 0) is 49.6 Å². The van der Waals surface area contributed by atoms with Crippen LogP contribution in [0.15, 0.2) is 29.3 Å². The standard InChI is InChI=1S/C42H67N11O13/c1-7-22(4)33(39(63)49-28(19-31(57)58)40(64)53-17-9-11-29(53)37(61)52-34(23(5)54)41(65)66)51-36(60)27(18-24-12-14-25(55)15-13-24)48-38(62)32(21(2)3)50-35(59)26(47-30(56)20-45-6)10-8-16-46-42(43)44/h12-15,21-23,26-29,32-34,45,54-55H,7-11,16-20H2,1-6H3,(H,47,56)(H,48,62)(H,49,63)(H,50,59)(H,51,60)(H,52,61)(H,57,58)(H,65,66)(H4,43,44,46)/t22-,23+,26-,27-,28-,29-,32-,33-,34-/m0/s1. The average Bonchev–Trinajstić information content (AvgIpc) is 3.74. The zero-order valence-electron chi connectivity index (χ0n) is 38.2. The first-order valence-electron chi connectivity index (χ1n) is 21.7. The number of likely N-dealkylation sites (N-methyl/N-ethyl adjacent to an activating group) is 1. The number of nitrogens with zero attached hydrogens (tertiary/aromatic N) is 2. The molecule has 0 unspecified atom stereocenters. The third-order valence-electron chi connectivity index (χ3n) is 10.9. The molecule has 1 fully saturated rings. The fourth-order valence-electron chi connectivity index (χ4n) is 7.04. The van der Waals surface area contributed by atoms with E-state index in [2.05, 4.69) is 42.2 Å². The highest BCUT2D eigenvalue weighted by atomic mass is 16.4. The summed E-state index contributed by atoms with van der Waals surface area (Å²) in [6.07, 6.45) is -1.58. The number of aromatic hydroxyl groups is 1. The summed E-state index contributed by atoms with van der Waals surface area (Å²) in [5.41, 5.74) is 11.3. The number of aliphatic hydroxyl groups is 1. The van der Waals surface area contributed by atoms with Gasteiger partial charge in [-0.05, 0) is 69.2 Å². The van der Waals surface area contributed by atoms with Crippen molar-refractivity contribution < 1.29 is 63.6 Å². The van der Waals surface area contributed by atoms with E-state index in [0.717, 1.165) is 11.8 Å². The van der Waals surface area contributed by atoms with E-state index < -0.39 is 120 Å². The molecule has 0 saturated carbocycles. The lowest BCUT2D eigenvalue weighted by atomic mass is 9.96. The smallest absolute Gasteiger partial charge is 0.328 e. The van der Waals surface area contributed by atoms with Gasteiger partial charge in [0.25, 0.3) is 0 Å². The minimum atomic E-state index is -1.75. The molecule has 0 radical (unpaired) electrons. The first kappa shape index (κ1) is 55.6. The Labute approximate surface area is 382 Å². The van der Waals surface area contributed by atoms with Crippen LogP contribution in [0.3, 0.4) is 0 Å². The quantitative estimate of drug-likeness (QED) is 0.0234. The van der Waals surface area contributed by atoms with E-state index in [9.17, 15) is 63.6 Å². The van der Waals surface area contributed by atoms with Crippen molar-refractivity contribution in [1.82, 2.24) is 42.1 Å². The number of guanidine groups is 1. The number of phenols is 1. The highest BCUT2D eigenvalue weighted by molar-refractivity contribution is 5.98. The summed E-state index contributed by atoms with van der Waals surface area (Å²) in [6.45, 7) is 7.77. The predicted molar refractivity (Wildman–Crippen MR) is 238 cm³/mol. The zero-order chi connectivity index (χ0) is 49.8. The summed E-state index contributed by atoms with van der Waals surface area (Å²) in [5, 5.41) is 56.9. The number of aliphatic imine (C=N–C) groups is 1. The Hall–Kier alpha value is -6.56. The van der Waals surface area contributed by atoms with Crippen molar-refractivity contribution in [3.8, 4) is 5.75 Å². The van der Waals surface area contributed by atoms with Gasteiger partial charge in [-0.3, -0.25) is 43.3 Å². The van der Waals surface area contributed by atoms with Gasteiger partial charge in [-0.15, -0.1) is 0 Å². The molecule has 0 aliphatic carbocycles. The van der Waals surface area contributed by atoms with E-state index in [0.29, 0.717) is 5.56 Å². The van der Waals surface area contributed by atoms with Gasteiger partial charge in [0.15, 0.2) is 12.0 Å². The lowest BCUT2D eigenvalue weighted by molar-refractivity contribution is -0.148. The Balaban J connectivity index is 2.44. The number of benzene rings is 1. The molecule has 0 bridgehead atoms. The van der Waals surface area contributed by atoms with Crippen LogP contribution in [0.1, 0.15) is 78.7 Å². The van der Waals surface area contributed by atoms with Gasteiger partial charge in [0.2, 0.25) is 41.4 Å². The maximum atomic E-state index is 14.3. The second-order valence-electron chi connectivity index (χ2n) is 16.5. The van der Waals surface area contributed by atoms with Crippen molar-refractivity contribution in [3.63, 3.8) is 0 Å². The first-order valence-corrected chi connectivity index (χ1v) is 21.7. The summed E-state index contributed by atoms with van der Waals surface area (Å²) in [5.74, 6) is -10.2. The van der Waals surface area contributed by atoms with Gasteiger partial charge in [0.1, 0.15) is 42.0 Å². The van der Waals surface area contributed by atoms with Crippen LogP contribution in [0.4, 0.5) is 0 Å². The zero-order valence-corrected chi connectivity index (χ0v) is 38.2. The number of likely N-dealkylation sites (tertiary alicyclic amines) is 1. The molecular weight excluding hydrogens is 867 g/mol. The summed E-state index contributed by atoms with van der Waals surface area (Å²) in [7, 11) is 1.55. The number of rotatable bonds is 27. The van der Waals surface area contributed by atoms with E-state index in [1.807, 2.05) is 0 Å². The average molecular weight is 934 g/mol. The fraction of sp³-hybridized carbons (Fsp3) is 0.619. The molecule has 368 valence electrons. The number of hydrogen-bond acceptors (Lipinski definition) is 13. The fourth-order valence-corrected chi connectivity index (χ4v) is 7.04. The molecule has 0 aromatic heterocycles. The minimum absolute atomic E-state index is 0.0393. The molecule has 1 aromatic carbocycles. The predicted octanol–water partition coefficient (Wildman–Crippen LogP) is -3.25. The topological polar surface area (TPSA) is 386 Å². The molecule has 7 amide bonds. The molecule has 1 aliphatic rings. The number of phenolic OH excluding ortho intramolecular Hbond substituents is 1. The van der Waals surface area contributed by atoms with Crippen LogP contribution < -0.4 is 48.7 Å². The molecule has 1 heterocycles. The Morgan fingerprint density at radius 3 is 1.92 bits per heavy atom. The highest BCUT2D eigenvalue weighted by Crippen LogP contribution is 2.21. The summed E-state index contributed by atoms with van der Waals surface area (Å²) < 4.78 is 0. The number of hydrogen-bond donors (Lipinski definition) is 13. The number of nitrogens with one attached hydrogen (secondary N) is 7. The number of aliphatic carboxylic acids is 2. The molecule has 1 aliphatic heterocycles. The summed E-state index contributed by atoms with van der Waals surface area (Å²) in [4.78, 5) is 124. The van der Waals surface area contributed by atoms with Crippen LogP contribution in [0.25, 0.3) is 0 Å². The second-order valence-corrected chi connectivity index (χ2v) is 16.5. The van der Waals surface area contributed by atoms with Gasteiger partial charge in [0, 0.05) is 19.5 Å². The van der Waals surface area contributed by atoms with Crippen LogP contribution >= 0.6 is 0 Å². The Morgan fingerprint density at radius 2 is 1.38 bits per heavy atom. The third-order valence-corrected chi connectivity index (χ3v) is 10.9. The Bertz CT molecular complexity index is 1890. The maximum absolute atomic E-state index is 14.3. The summed E-state index contributed by atoms with van der Waals surface area (Å²) >= 11 is 0. The van der Waals surface area contributed by atoms with Gasteiger partial charge in [0.05, 0.1) is 19.1 Å². The number of carboxylic acid groups (broad SMARTS) is 2. The number of carboxylic acids is 2. The van der Waals surface area contributed by atoms with Crippen LogP contribution in [-0.4, -0.2) is 160 Å². The van der Waals surface area contributed by atoms with Crippen LogP contribution in [0, 0.1) is 11.8 Å². The molecule has 24 heteroatoms. The van der Waals surface area contributed by atoms with Gasteiger partial charge in [-0.2, -0.15) is 0 Å². The van der Waals surface area contributed by atoms with Gasteiger partial charge in [-0.1, -0.05) is 46.2 Å². The molecule has 9 atom stereocenters. The molecule has 1 aromatic rings. The largest absolute Gasteiger partial charge is 0.508 e. The molecule has 1 saturated heterocycles. The number of aliphatic hydroxyl groups excluding tert-OH is 1. The van der Waals surface area contributed by atoms with Gasteiger partial charge < -0.3 is 74.0 Å². The Kier molecular flexibility index (Phi) is 22.8. The van der Waals surface area contributed by atoms with Crippen molar-refractivity contribution in [2.75, 3.05) is 26.7 Å². The van der Waals surface area contributed by atoms with Crippen molar-refractivity contribution in [2.24, 2.45) is 28.3 Å². The van der Waals surface area contributed by atoms with Crippen LogP contribution in [0.2, 0.25) is 0 Å². The number of carbonyl (C=O) groups excluding carboxylic acids is 7.